The van der Waals surface area contributed by atoms with Gasteiger partial charge in [-0.15, -0.1) is 6.58 Å². The van der Waals surface area contributed by atoms with Crippen LogP contribution in [0.25, 0.3) is 0 Å². The Hall–Kier alpha value is -1.38. The average molecular weight is 154 g/mol. The van der Waals surface area contributed by atoms with Crippen molar-refractivity contribution in [1.29, 1.82) is 0 Å². The van der Waals surface area contributed by atoms with Crippen molar-refractivity contribution < 1.29 is 14.7 Å². The van der Waals surface area contributed by atoms with Crippen LogP contribution in [-0.4, -0.2) is 16.9 Å². The Labute approximate surface area is 65.0 Å². The van der Waals surface area contributed by atoms with E-state index in [1.807, 2.05) is 0 Å². The minimum atomic E-state index is -1.10. The predicted molar refractivity (Wildman–Crippen MR) is 41.2 cm³/mol. The largest absolute Gasteiger partial charge is 0.478 e. The van der Waals surface area contributed by atoms with Gasteiger partial charge in [0.1, 0.15) is 0 Å². The molecule has 0 saturated carbocycles. The van der Waals surface area contributed by atoms with Crippen LogP contribution in [0.2, 0.25) is 0 Å². The van der Waals surface area contributed by atoms with Gasteiger partial charge < -0.3 is 5.11 Å². The fraction of sp³-hybridized carbons (Fsp3) is 0.250. The second-order valence-corrected chi connectivity index (χ2v) is 2.06. The smallest absolute Gasteiger partial charge is 0.328 e. The summed E-state index contributed by atoms with van der Waals surface area (Å²) in [4.78, 5) is 20.8. The Bertz CT molecular complexity index is 213. The monoisotopic (exact) mass is 154 g/mol. The Morgan fingerprint density at radius 3 is 2.36 bits per heavy atom. The fourth-order valence-corrected chi connectivity index (χ4v) is 0.609. The van der Waals surface area contributed by atoms with E-state index in [1.165, 1.54) is 13.0 Å². The van der Waals surface area contributed by atoms with Crippen LogP contribution in [0.4, 0.5) is 0 Å². The van der Waals surface area contributed by atoms with Crippen molar-refractivity contribution in [3.63, 3.8) is 0 Å². The highest BCUT2D eigenvalue weighted by molar-refractivity contribution is 5.99. The van der Waals surface area contributed by atoms with Gasteiger partial charge in [0.05, 0.1) is 0 Å². The molecular formula is C8H10O3. The van der Waals surface area contributed by atoms with E-state index in [-0.39, 0.29) is 11.4 Å². The Morgan fingerprint density at radius 2 is 2.09 bits per heavy atom. The van der Waals surface area contributed by atoms with Gasteiger partial charge in [-0.05, 0) is 13.3 Å². The fourth-order valence-electron chi connectivity index (χ4n) is 0.609. The second kappa shape index (κ2) is 4.44. The standard InChI is InChI=1S/C8H10O3/c1-3-4-7(6(2)9)5-8(10)11/h3,5H,1,4H2,2H3,(H,10,11)/b7-5+. The molecule has 0 fully saturated rings. The molecule has 0 spiro atoms. The van der Waals surface area contributed by atoms with Gasteiger partial charge >= 0.3 is 5.97 Å². The number of carboxylic acids is 1. The SMILES string of the molecule is C=CC/C(=C\C(=O)O)C(C)=O. The number of carbonyl (C=O) groups is 2. The number of ketones is 1. The number of hydrogen-bond donors (Lipinski definition) is 1. The van der Waals surface area contributed by atoms with E-state index in [4.69, 9.17) is 5.11 Å². The minimum absolute atomic E-state index is 0.229. The lowest BCUT2D eigenvalue weighted by atomic mass is 10.1. The van der Waals surface area contributed by atoms with Crippen LogP contribution in [0.1, 0.15) is 13.3 Å². The molecule has 0 atom stereocenters. The molecule has 1 N–H and O–H groups in total. The van der Waals surface area contributed by atoms with Gasteiger partial charge in [0, 0.05) is 11.6 Å². The van der Waals surface area contributed by atoms with Crippen LogP contribution in [0.15, 0.2) is 24.3 Å². The number of Topliss-reactive ketones (excluding diaryl/α,β-unsaturated/α-hetero) is 1. The van der Waals surface area contributed by atoms with Gasteiger partial charge in [0.15, 0.2) is 5.78 Å². The van der Waals surface area contributed by atoms with Crippen molar-refractivity contribution in [3.05, 3.63) is 24.3 Å². The molecule has 0 rings (SSSR count). The maximum atomic E-state index is 10.7. The van der Waals surface area contributed by atoms with E-state index in [2.05, 4.69) is 6.58 Å². The molecule has 0 unspecified atom stereocenters. The third-order valence-corrected chi connectivity index (χ3v) is 1.11. The highest BCUT2D eigenvalue weighted by atomic mass is 16.4. The van der Waals surface area contributed by atoms with Gasteiger partial charge in [-0.25, -0.2) is 4.79 Å². The summed E-state index contributed by atoms with van der Waals surface area (Å²) < 4.78 is 0. The van der Waals surface area contributed by atoms with Gasteiger partial charge in [-0.1, -0.05) is 6.08 Å². The summed E-state index contributed by atoms with van der Waals surface area (Å²) in [7, 11) is 0. The Morgan fingerprint density at radius 1 is 1.55 bits per heavy atom. The quantitative estimate of drug-likeness (QED) is 0.488. The van der Waals surface area contributed by atoms with Crippen molar-refractivity contribution in [2.24, 2.45) is 0 Å². The highest BCUT2D eigenvalue weighted by Gasteiger charge is 2.02. The lowest BCUT2D eigenvalue weighted by Gasteiger charge is -1.95. The van der Waals surface area contributed by atoms with Crippen molar-refractivity contribution in [2.75, 3.05) is 0 Å². The zero-order chi connectivity index (χ0) is 8.85. The number of hydrogen-bond acceptors (Lipinski definition) is 2. The molecule has 11 heavy (non-hydrogen) atoms. The zero-order valence-electron chi connectivity index (χ0n) is 6.33. The van der Waals surface area contributed by atoms with Gasteiger partial charge in [-0.2, -0.15) is 0 Å². The molecule has 0 radical (unpaired) electrons. The van der Waals surface area contributed by atoms with Crippen LogP contribution >= 0.6 is 0 Å². The number of carboxylic acid groups (broad SMARTS) is 1. The van der Waals surface area contributed by atoms with E-state index >= 15 is 0 Å². The van der Waals surface area contributed by atoms with E-state index in [0.29, 0.717) is 6.42 Å². The summed E-state index contributed by atoms with van der Waals surface area (Å²) in [6.07, 6.45) is 2.71. The second-order valence-electron chi connectivity index (χ2n) is 2.06. The van der Waals surface area contributed by atoms with Crippen molar-refractivity contribution in [2.45, 2.75) is 13.3 Å². The third kappa shape index (κ3) is 4.08. The van der Waals surface area contributed by atoms with Gasteiger partial charge in [0.25, 0.3) is 0 Å². The molecule has 0 aliphatic rings. The first-order chi connectivity index (χ1) is 5.07. The van der Waals surface area contributed by atoms with Crippen LogP contribution in [0.5, 0.6) is 0 Å². The number of allylic oxidation sites excluding steroid dienone is 2. The molecule has 0 aliphatic carbocycles. The summed E-state index contributed by atoms with van der Waals surface area (Å²) in [6.45, 7) is 4.74. The lowest BCUT2D eigenvalue weighted by Crippen LogP contribution is -1.99. The first-order valence-corrected chi connectivity index (χ1v) is 3.13. The highest BCUT2D eigenvalue weighted by Crippen LogP contribution is 2.02. The van der Waals surface area contributed by atoms with Crippen molar-refractivity contribution >= 4 is 11.8 Å². The molecule has 0 bridgehead atoms. The molecule has 60 valence electrons. The summed E-state index contributed by atoms with van der Waals surface area (Å²) in [6, 6.07) is 0. The molecule has 3 nitrogen and oxygen atoms in total. The van der Waals surface area contributed by atoms with Crippen LogP contribution < -0.4 is 0 Å². The summed E-state index contributed by atoms with van der Waals surface area (Å²) >= 11 is 0. The van der Waals surface area contributed by atoms with E-state index in [1.54, 1.807) is 0 Å². The Balaban J connectivity index is 4.44. The molecule has 0 aromatic rings. The zero-order valence-corrected chi connectivity index (χ0v) is 6.33. The maximum absolute atomic E-state index is 10.7. The molecule has 0 amide bonds. The van der Waals surface area contributed by atoms with E-state index in [0.717, 1.165) is 6.08 Å². The van der Waals surface area contributed by atoms with Crippen LogP contribution in [0, 0.1) is 0 Å². The topological polar surface area (TPSA) is 54.4 Å². The lowest BCUT2D eigenvalue weighted by molar-refractivity contribution is -0.131. The average Bonchev–Trinajstić information content (AvgIpc) is 1.86. The first-order valence-electron chi connectivity index (χ1n) is 3.13. The molecule has 3 heteroatoms. The van der Waals surface area contributed by atoms with Crippen LogP contribution in [0.3, 0.4) is 0 Å². The molecule has 0 saturated heterocycles. The van der Waals surface area contributed by atoms with Gasteiger partial charge in [-0.3, -0.25) is 4.79 Å². The Kier molecular flexibility index (Phi) is 3.88. The molecule has 0 heterocycles. The molecular weight excluding hydrogens is 144 g/mol. The predicted octanol–water partition coefficient (Wildman–Crippen LogP) is 1.16. The molecule has 0 aliphatic heterocycles. The van der Waals surface area contributed by atoms with Crippen molar-refractivity contribution in [3.8, 4) is 0 Å². The number of rotatable bonds is 4. The van der Waals surface area contributed by atoms with Crippen LogP contribution in [-0.2, 0) is 9.59 Å². The van der Waals surface area contributed by atoms with E-state index < -0.39 is 5.97 Å². The van der Waals surface area contributed by atoms with E-state index in [9.17, 15) is 9.59 Å². The third-order valence-electron chi connectivity index (χ3n) is 1.11. The molecule has 0 aromatic heterocycles. The normalized spacial score (nSPS) is 10.8. The summed E-state index contributed by atoms with van der Waals surface area (Å²) in [5.41, 5.74) is 0.271. The first kappa shape index (κ1) is 9.62. The van der Waals surface area contributed by atoms with Gasteiger partial charge in [0.2, 0.25) is 0 Å². The summed E-state index contributed by atoms with van der Waals surface area (Å²) in [5, 5.41) is 8.30. The minimum Gasteiger partial charge on any atom is -0.478 e. The van der Waals surface area contributed by atoms with Crippen molar-refractivity contribution in [1.82, 2.24) is 0 Å². The number of aliphatic carboxylic acids is 1. The number of carbonyl (C=O) groups excluding carboxylic acids is 1. The summed E-state index contributed by atoms with van der Waals surface area (Å²) in [5.74, 6) is -1.33. The molecule has 0 aromatic carbocycles. The maximum Gasteiger partial charge on any atom is 0.328 e.